The number of aromatic nitrogens is 1. The molecule has 5 nitrogen and oxygen atoms in total. The second kappa shape index (κ2) is 6.83. The largest absolute Gasteiger partial charge is 0.320 e. The van der Waals surface area contributed by atoms with Crippen molar-refractivity contribution in [2.24, 2.45) is 5.73 Å². The lowest BCUT2D eigenvalue weighted by atomic mass is 10.2. The maximum atomic E-state index is 12.4. The molecule has 7 heteroatoms. The van der Waals surface area contributed by atoms with Crippen LogP contribution < -0.4 is 10.5 Å². The fraction of sp³-hybridized carbons (Fsp3) is 0.214. The van der Waals surface area contributed by atoms with E-state index >= 15 is 0 Å². The Morgan fingerprint density at radius 2 is 2.14 bits per heavy atom. The van der Waals surface area contributed by atoms with Gasteiger partial charge in [-0.25, -0.2) is 18.1 Å². The highest BCUT2D eigenvalue weighted by atomic mass is 32.2. The third-order valence-electron chi connectivity index (χ3n) is 2.61. The van der Waals surface area contributed by atoms with Crippen LogP contribution in [0.5, 0.6) is 0 Å². The van der Waals surface area contributed by atoms with Crippen molar-refractivity contribution in [2.45, 2.75) is 18.4 Å². The smallest absolute Gasteiger partial charge is 0.242 e. The lowest BCUT2D eigenvalue weighted by Crippen LogP contribution is -2.24. The van der Waals surface area contributed by atoms with Gasteiger partial charge in [-0.05, 0) is 19.1 Å². The first kappa shape index (κ1) is 15.7. The van der Waals surface area contributed by atoms with E-state index in [-0.39, 0.29) is 18.0 Å². The van der Waals surface area contributed by atoms with Gasteiger partial charge in [-0.3, -0.25) is 0 Å². The van der Waals surface area contributed by atoms with Gasteiger partial charge in [-0.15, -0.1) is 11.3 Å². The van der Waals surface area contributed by atoms with E-state index in [9.17, 15) is 8.42 Å². The lowest BCUT2D eigenvalue weighted by Gasteiger charge is -2.07. The van der Waals surface area contributed by atoms with Gasteiger partial charge in [0.25, 0.3) is 0 Å². The Morgan fingerprint density at radius 1 is 1.38 bits per heavy atom. The van der Waals surface area contributed by atoms with Gasteiger partial charge in [0.2, 0.25) is 10.0 Å². The molecule has 0 fully saturated rings. The van der Waals surface area contributed by atoms with Crippen molar-refractivity contribution in [3.05, 3.63) is 45.9 Å². The molecule has 1 aromatic heterocycles. The van der Waals surface area contributed by atoms with E-state index in [4.69, 9.17) is 5.73 Å². The molecule has 0 atom stereocenters. The van der Waals surface area contributed by atoms with Gasteiger partial charge in [-0.1, -0.05) is 24.0 Å². The molecule has 0 spiro atoms. The van der Waals surface area contributed by atoms with Gasteiger partial charge >= 0.3 is 0 Å². The van der Waals surface area contributed by atoms with E-state index < -0.39 is 10.0 Å². The van der Waals surface area contributed by atoms with Crippen LogP contribution in [0, 0.1) is 18.8 Å². The van der Waals surface area contributed by atoms with Crippen LogP contribution in [0.3, 0.4) is 0 Å². The summed E-state index contributed by atoms with van der Waals surface area (Å²) in [6, 6.07) is 6.58. The van der Waals surface area contributed by atoms with E-state index in [1.807, 2.05) is 12.3 Å². The summed E-state index contributed by atoms with van der Waals surface area (Å²) in [6.45, 7) is 2.21. The van der Waals surface area contributed by atoms with Gasteiger partial charge < -0.3 is 5.73 Å². The van der Waals surface area contributed by atoms with E-state index in [1.165, 1.54) is 17.4 Å². The maximum absolute atomic E-state index is 12.4. The zero-order chi connectivity index (χ0) is 15.3. The first-order chi connectivity index (χ1) is 10.0. The molecule has 2 rings (SSSR count). The predicted octanol–water partition coefficient (Wildman–Crippen LogP) is 1.24. The number of thiazole rings is 1. The fourth-order valence-electron chi connectivity index (χ4n) is 1.69. The van der Waals surface area contributed by atoms with E-state index in [0.717, 1.165) is 5.01 Å². The van der Waals surface area contributed by atoms with Crippen LogP contribution in [-0.2, 0) is 16.6 Å². The van der Waals surface area contributed by atoms with Gasteiger partial charge in [0.1, 0.15) is 0 Å². The maximum Gasteiger partial charge on any atom is 0.242 e. The Kier molecular flexibility index (Phi) is 5.09. The molecule has 0 aliphatic rings. The van der Waals surface area contributed by atoms with Crippen molar-refractivity contribution in [1.29, 1.82) is 0 Å². The van der Waals surface area contributed by atoms with Crippen molar-refractivity contribution in [1.82, 2.24) is 9.71 Å². The minimum Gasteiger partial charge on any atom is -0.320 e. The first-order valence-electron chi connectivity index (χ1n) is 6.21. The summed E-state index contributed by atoms with van der Waals surface area (Å²) in [5, 5.41) is 2.73. The van der Waals surface area contributed by atoms with E-state index in [0.29, 0.717) is 11.3 Å². The van der Waals surface area contributed by atoms with Crippen molar-refractivity contribution in [3.63, 3.8) is 0 Å². The van der Waals surface area contributed by atoms with Gasteiger partial charge in [0, 0.05) is 10.9 Å². The molecule has 0 amide bonds. The number of nitrogens with two attached hydrogens (primary N) is 1. The van der Waals surface area contributed by atoms with E-state index in [1.54, 1.807) is 18.2 Å². The molecule has 3 N–H and O–H groups in total. The standard InChI is InChI=1S/C14H15N3O2S2/c1-11-17-13(10-20-11)9-16-21(18,19)14-7-3-2-5-12(14)6-4-8-15/h2-3,5,7,10,16H,8-9,15H2,1H3. The van der Waals surface area contributed by atoms with E-state index in [2.05, 4.69) is 21.5 Å². The molecule has 1 heterocycles. The van der Waals surface area contributed by atoms with Gasteiger partial charge in [0.05, 0.1) is 28.7 Å². The SMILES string of the molecule is Cc1nc(CNS(=O)(=O)c2ccccc2C#CCN)cs1. The minimum atomic E-state index is -3.64. The quantitative estimate of drug-likeness (QED) is 0.830. The van der Waals surface area contributed by atoms with Crippen molar-refractivity contribution in [3.8, 4) is 11.8 Å². The summed E-state index contributed by atoms with van der Waals surface area (Å²) < 4.78 is 27.3. The molecule has 0 saturated heterocycles. The second-order valence-electron chi connectivity index (χ2n) is 4.18. The van der Waals surface area contributed by atoms with Crippen LogP contribution in [0.25, 0.3) is 0 Å². The van der Waals surface area contributed by atoms with Crippen LogP contribution >= 0.6 is 11.3 Å². The fourth-order valence-corrected chi connectivity index (χ4v) is 3.46. The Balaban J connectivity index is 2.23. The summed E-state index contributed by atoms with van der Waals surface area (Å²) in [6.07, 6.45) is 0. The second-order valence-corrected chi connectivity index (χ2v) is 6.98. The van der Waals surface area contributed by atoms with Gasteiger partial charge in [-0.2, -0.15) is 0 Å². The molecule has 2 aromatic rings. The Hall–Kier alpha value is -1.72. The highest BCUT2D eigenvalue weighted by Gasteiger charge is 2.17. The number of rotatable bonds is 4. The number of hydrogen-bond donors (Lipinski definition) is 2. The Labute approximate surface area is 128 Å². The summed E-state index contributed by atoms with van der Waals surface area (Å²) in [7, 11) is -3.64. The number of sulfonamides is 1. The van der Waals surface area contributed by atoms with Gasteiger partial charge in [0.15, 0.2) is 0 Å². The van der Waals surface area contributed by atoms with Crippen LogP contribution in [0.2, 0.25) is 0 Å². The first-order valence-corrected chi connectivity index (χ1v) is 8.58. The molecule has 0 bridgehead atoms. The van der Waals surface area contributed by atoms with Crippen LogP contribution in [0.1, 0.15) is 16.3 Å². The summed E-state index contributed by atoms with van der Waals surface area (Å²) in [5.74, 6) is 5.44. The molecule has 0 saturated carbocycles. The highest BCUT2D eigenvalue weighted by Crippen LogP contribution is 2.15. The topological polar surface area (TPSA) is 85.1 Å². The number of hydrogen-bond acceptors (Lipinski definition) is 5. The normalized spacial score (nSPS) is 11.0. The minimum absolute atomic E-state index is 0.151. The van der Waals surface area contributed by atoms with Crippen LogP contribution in [0.4, 0.5) is 0 Å². The molecule has 21 heavy (non-hydrogen) atoms. The monoisotopic (exact) mass is 321 g/mol. The molecule has 0 unspecified atom stereocenters. The zero-order valence-electron chi connectivity index (χ0n) is 11.5. The molecule has 0 aliphatic heterocycles. The summed E-state index contributed by atoms with van der Waals surface area (Å²) >= 11 is 1.48. The number of nitrogens with zero attached hydrogens (tertiary/aromatic N) is 1. The third-order valence-corrected chi connectivity index (χ3v) is 4.89. The number of aryl methyl sites for hydroxylation is 1. The molecule has 0 aliphatic carbocycles. The summed E-state index contributed by atoms with van der Waals surface area (Å²) in [4.78, 5) is 4.38. The van der Waals surface area contributed by atoms with Crippen LogP contribution in [-0.4, -0.2) is 19.9 Å². The highest BCUT2D eigenvalue weighted by molar-refractivity contribution is 7.89. The molecular weight excluding hydrogens is 306 g/mol. The van der Waals surface area contributed by atoms with Crippen molar-refractivity contribution < 1.29 is 8.42 Å². The number of benzene rings is 1. The predicted molar refractivity (Wildman–Crippen MR) is 83.3 cm³/mol. The van der Waals surface area contributed by atoms with Crippen molar-refractivity contribution in [2.75, 3.05) is 6.54 Å². The molecule has 0 radical (unpaired) electrons. The zero-order valence-corrected chi connectivity index (χ0v) is 13.1. The lowest BCUT2D eigenvalue weighted by molar-refractivity contribution is 0.580. The Morgan fingerprint density at radius 3 is 2.81 bits per heavy atom. The summed E-state index contributed by atoms with van der Waals surface area (Å²) in [5.41, 5.74) is 6.46. The van der Waals surface area contributed by atoms with Crippen LogP contribution in [0.15, 0.2) is 34.5 Å². The average Bonchev–Trinajstić information content (AvgIpc) is 2.89. The molecule has 110 valence electrons. The third kappa shape index (κ3) is 4.12. The number of nitrogens with one attached hydrogen (secondary N) is 1. The molecular formula is C14H15N3O2S2. The van der Waals surface area contributed by atoms with Crippen molar-refractivity contribution >= 4 is 21.4 Å². The molecule has 1 aromatic carbocycles. The Bertz CT molecular complexity index is 786. The average molecular weight is 321 g/mol.